The molecule has 0 aromatic heterocycles. The van der Waals surface area contributed by atoms with Gasteiger partial charge in [0.1, 0.15) is 11.9 Å². The molecule has 0 bridgehead atoms. The van der Waals surface area contributed by atoms with E-state index in [9.17, 15) is 22.8 Å². The summed E-state index contributed by atoms with van der Waals surface area (Å²) in [6, 6.07) is 9.19. The van der Waals surface area contributed by atoms with Crippen LogP contribution in [0.5, 0.6) is 0 Å². The van der Waals surface area contributed by atoms with Crippen molar-refractivity contribution in [3.63, 3.8) is 0 Å². The maximum Gasteiger partial charge on any atom is 0.255 e. The van der Waals surface area contributed by atoms with Crippen LogP contribution in [0.25, 0.3) is 0 Å². The van der Waals surface area contributed by atoms with E-state index in [4.69, 9.17) is 0 Å². The van der Waals surface area contributed by atoms with E-state index < -0.39 is 33.5 Å². The summed E-state index contributed by atoms with van der Waals surface area (Å²) in [7, 11) is -3.23. The molecular formula is C26H29FN4O5S. The van der Waals surface area contributed by atoms with Crippen LogP contribution in [0.1, 0.15) is 41.3 Å². The summed E-state index contributed by atoms with van der Waals surface area (Å²) in [5, 5.41) is 2.28. The van der Waals surface area contributed by atoms with Gasteiger partial charge in [0.05, 0.1) is 16.3 Å². The number of imide groups is 1. The van der Waals surface area contributed by atoms with Gasteiger partial charge >= 0.3 is 0 Å². The maximum atomic E-state index is 15.1. The van der Waals surface area contributed by atoms with Gasteiger partial charge in [-0.3, -0.25) is 24.6 Å². The van der Waals surface area contributed by atoms with Gasteiger partial charge in [0.2, 0.25) is 11.8 Å². The van der Waals surface area contributed by atoms with Crippen LogP contribution in [0.2, 0.25) is 0 Å². The predicted molar refractivity (Wildman–Crippen MR) is 134 cm³/mol. The summed E-state index contributed by atoms with van der Waals surface area (Å²) in [6.45, 7) is 5.10. The largest absolute Gasteiger partial charge is 0.367 e. The Labute approximate surface area is 215 Å². The summed E-state index contributed by atoms with van der Waals surface area (Å²) in [5.74, 6) is -1.64. The van der Waals surface area contributed by atoms with Crippen molar-refractivity contribution in [3.05, 3.63) is 58.9 Å². The minimum atomic E-state index is -3.23. The molecule has 9 nitrogen and oxygen atoms in total. The fourth-order valence-electron chi connectivity index (χ4n) is 5.19. The molecule has 2 aromatic rings. The van der Waals surface area contributed by atoms with Crippen molar-refractivity contribution in [2.45, 2.75) is 43.8 Å². The Kier molecular flexibility index (Phi) is 6.76. The number of carbonyl (C=O) groups is 3. The van der Waals surface area contributed by atoms with Gasteiger partial charge in [-0.2, -0.15) is 0 Å². The van der Waals surface area contributed by atoms with Crippen LogP contribution in [-0.2, 0) is 32.5 Å². The second kappa shape index (κ2) is 9.86. The minimum absolute atomic E-state index is 0.0661. The standard InChI is InChI=1S/C26H29FN4O5S/c1-2-37(35,36)19-5-3-17(4-6-19)15-29-9-11-30(12-10-29)23-13-18-16-31(26(34)20(18)14-21(23)27)22-7-8-24(32)28-25(22)33/h3-6,13-14,22H,2,7-12,15-16H2,1H3,(H,28,32,33). The Morgan fingerprint density at radius 1 is 1.03 bits per heavy atom. The Morgan fingerprint density at radius 2 is 1.73 bits per heavy atom. The number of nitrogens with zero attached hydrogens (tertiary/aromatic N) is 3. The number of piperidine rings is 1. The van der Waals surface area contributed by atoms with Crippen LogP contribution in [0, 0.1) is 5.82 Å². The molecule has 3 aliphatic heterocycles. The number of piperazine rings is 1. The molecule has 2 saturated heterocycles. The lowest BCUT2D eigenvalue weighted by Crippen LogP contribution is -2.52. The van der Waals surface area contributed by atoms with Crippen molar-refractivity contribution in [1.82, 2.24) is 15.1 Å². The van der Waals surface area contributed by atoms with Crippen LogP contribution < -0.4 is 10.2 Å². The van der Waals surface area contributed by atoms with Gasteiger partial charge in [-0.1, -0.05) is 19.1 Å². The Bertz CT molecular complexity index is 1350. The zero-order valence-corrected chi connectivity index (χ0v) is 21.4. The molecule has 196 valence electrons. The minimum Gasteiger partial charge on any atom is -0.367 e. The fraction of sp³-hybridized carbons (Fsp3) is 0.423. The van der Waals surface area contributed by atoms with Crippen LogP contribution in [0.3, 0.4) is 0 Å². The average molecular weight is 529 g/mol. The first-order valence-corrected chi connectivity index (χ1v) is 14.1. The molecule has 2 aromatic carbocycles. The molecule has 0 aliphatic carbocycles. The van der Waals surface area contributed by atoms with Crippen molar-refractivity contribution in [2.75, 3.05) is 36.8 Å². The van der Waals surface area contributed by atoms with Crippen LogP contribution >= 0.6 is 0 Å². The van der Waals surface area contributed by atoms with E-state index in [-0.39, 0.29) is 36.6 Å². The highest BCUT2D eigenvalue weighted by atomic mass is 32.2. The smallest absolute Gasteiger partial charge is 0.255 e. The molecule has 3 amide bonds. The van der Waals surface area contributed by atoms with Crippen molar-refractivity contribution < 1.29 is 27.2 Å². The second-order valence-corrected chi connectivity index (χ2v) is 11.9. The normalized spacial score (nSPS) is 20.8. The van der Waals surface area contributed by atoms with E-state index in [0.717, 1.165) is 5.56 Å². The van der Waals surface area contributed by atoms with E-state index in [1.165, 1.54) is 11.0 Å². The number of anilines is 1. The van der Waals surface area contributed by atoms with Crippen molar-refractivity contribution >= 4 is 33.2 Å². The Hall–Kier alpha value is -3.31. The Morgan fingerprint density at radius 3 is 2.38 bits per heavy atom. The summed E-state index contributed by atoms with van der Waals surface area (Å²) >= 11 is 0. The fourth-order valence-corrected chi connectivity index (χ4v) is 6.08. The number of hydrogen-bond donors (Lipinski definition) is 1. The molecule has 1 atom stereocenters. The monoisotopic (exact) mass is 528 g/mol. The molecule has 5 rings (SSSR count). The summed E-state index contributed by atoms with van der Waals surface area (Å²) < 4.78 is 39.1. The number of nitrogens with one attached hydrogen (secondary N) is 1. The summed E-state index contributed by atoms with van der Waals surface area (Å²) in [6.07, 6.45) is 0.432. The first-order chi connectivity index (χ1) is 17.7. The first kappa shape index (κ1) is 25.3. The van der Waals surface area contributed by atoms with Gasteiger partial charge in [0.15, 0.2) is 9.84 Å². The van der Waals surface area contributed by atoms with E-state index in [2.05, 4.69) is 10.2 Å². The molecule has 0 saturated carbocycles. The van der Waals surface area contributed by atoms with Gasteiger partial charge in [-0.15, -0.1) is 0 Å². The highest BCUT2D eigenvalue weighted by Gasteiger charge is 2.40. The SMILES string of the molecule is CCS(=O)(=O)c1ccc(CN2CCN(c3cc4c(cc3F)C(=O)N(C3CCC(=O)NC3=O)C4)CC2)cc1. The van der Waals surface area contributed by atoms with Crippen LogP contribution in [-0.4, -0.2) is 73.9 Å². The third kappa shape index (κ3) is 4.97. The van der Waals surface area contributed by atoms with Crippen LogP contribution in [0.4, 0.5) is 10.1 Å². The number of amides is 3. The number of carbonyl (C=O) groups excluding carboxylic acids is 3. The molecule has 3 aliphatic rings. The highest BCUT2D eigenvalue weighted by molar-refractivity contribution is 7.91. The molecule has 3 heterocycles. The van der Waals surface area contributed by atoms with Crippen molar-refractivity contribution in [3.8, 4) is 0 Å². The van der Waals surface area contributed by atoms with Gasteiger partial charge in [0.25, 0.3) is 5.91 Å². The highest BCUT2D eigenvalue weighted by Crippen LogP contribution is 2.33. The quantitative estimate of drug-likeness (QED) is 0.569. The first-order valence-electron chi connectivity index (χ1n) is 12.4. The van der Waals surface area contributed by atoms with Gasteiger partial charge < -0.3 is 9.80 Å². The topological polar surface area (TPSA) is 107 Å². The number of halogens is 1. The van der Waals surface area contributed by atoms with Crippen LogP contribution in [0.15, 0.2) is 41.3 Å². The molecule has 11 heteroatoms. The van der Waals surface area contributed by atoms with E-state index in [0.29, 0.717) is 48.9 Å². The second-order valence-electron chi connectivity index (χ2n) is 9.67. The van der Waals surface area contributed by atoms with Crippen molar-refractivity contribution in [2.24, 2.45) is 0 Å². The Balaban J connectivity index is 1.23. The number of rotatable bonds is 6. The van der Waals surface area contributed by atoms with E-state index in [1.54, 1.807) is 25.1 Å². The zero-order valence-electron chi connectivity index (χ0n) is 20.6. The lowest BCUT2D eigenvalue weighted by atomic mass is 10.0. The molecule has 1 unspecified atom stereocenters. The average Bonchev–Trinajstić information content (AvgIpc) is 3.19. The third-order valence-electron chi connectivity index (χ3n) is 7.37. The van der Waals surface area contributed by atoms with E-state index in [1.807, 2.05) is 17.0 Å². The lowest BCUT2D eigenvalue weighted by molar-refractivity contribution is -0.136. The van der Waals surface area contributed by atoms with Gasteiger partial charge in [-0.25, -0.2) is 12.8 Å². The number of sulfone groups is 1. The molecule has 2 fully saturated rings. The zero-order chi connectivity index (χ0) is 26.3. The van der Waals surface area contributed by atoms with Crippen molar-refractivity contribution in [1.29, 1.82) is 0 Å². The molecule has 0 spiro atoms. The number of hydrogen-bond acceptors (Lipinski definition) is 7. The number of benzene rings is 2. The molecule has 1 N–H and O–H groups in total. The van der Waals surface area contributed by atoms with Gasteiger partial charge in [0, 0.05) is 51.3 Å². The van der Waals surface area contributed by atoms with Gasteiger partial charge in [-0.05, 0) is 41.8 Å². The maximum absolute atomic E-state index is 15.1. The number of fused-ring (bicyclic) bond motifs is 1. The summed E-state index contributed by atoms with van der Waals surface area (Å²) in [5.41, 5.74) is 2.39. The molecular weight excluding hydrogens is 499 g/mol. The predicted octanol–water partition coefficient (Wildman–Crippen LogP) is 1.70. The summed E-state index contributed by atoms with van der Waals surface area (Å²) in [4.78, 5) is 42.6. The lowest BCUT2D eigenvalue weighted by Gasteiger charge is -2.36. The molecule has 0 radical (unpaired) electrons. The van der Waals surface area contributed by atoms with E-state index >= 15 is 4.39 Å². The third-order valence-corrected chi connectivity index (χ3v) is 9.12. The molecule has 37 heavy (non-hydrogen) atoms.